The molecule has 0 bridgehead atoms. The van der Waals surface area contributed by atoms with Gasteiger partial charge in [0, 0.05) is 11.1 Å². The summed E-state index contributed by atoms with van der Waals surface area (Å²) in [5, 5.41) is 3.41. The number of anilines is 1. The molecule has 0 aliphatic heterocycles. The van der Waals surface area contributed by atoms with Crippen LogP contribution in [0.2, 0.25) is 0 Å². The average molecular weight is 374 g/mol. The van der Waals surface area contributed by atoms with E-state index in [1.165, 1.54) is 11.8 Å². The van der Waals surface area contributed by atoms with Gasteiger partial charge in [-0.2, -0.15) is 0 Å². The SMILES string of the molecule is CC(C)c1cc2c(=O)[nH]c(CSCC(=O)Nc3cccnc3)nc2s1. The number of rotatable bonds is 6. The Balaban J connectivity index is 1.61. The monoisotopic (exact) mass is 374 g/mol. The first-order valence-corrected chi connectivity index (χ1v) is 9.80. The molecule has 0 unspecified atom stereocenters. The third kappa shape index (κ3) is 4.46. The first kappa shape index (κ1) is 17.6. The van der Waals surface area contributed by atoms with Crippen molar-refractivity contribution < 1.29 is 4.79 Å². The zero-order valence-corrected chi connectivity index (χ0v) is 15.5. The number of thioether (sulfide) groups is 1. The van der Waals surface area contributed by atoms with Gasteiger partial charge in [0.15, 0.2) is 0 Å². The number of pyridine rings is 1. The maximum atomic E-state index is 12.2. The van der Waals surface area contributed by atoms with E-state index in [0.717, 1.165) is 9.71 Å². The first-order valence-electron chi connectivity index (χ1n) is 7.83. The minimum Gasteiger partial charge on any atom is -0.324 e. The molecule has 6 nitrogen and oxygen atoms in total. The molecule has 8 heteroatoms. The lowest BCUT2D eigenvalue weighted by molar-refractivity contribution is -0.113. The molecular formula is C17H18N4O2S2. The zero-order chi connectivity index (χ0) is 17.8. The topological polar surface area (TPSA) is 87.7 Å². The van der Waals surface area contributed by atoms with Crippen molar-refractivity contribution in [3.8, 4) is 0 Å². The zero-order valence-electron chi connectivity index (χ0n) is 13.9. The van der Waals surface area contributed by atoms with Crippen LogP contribution in [-0.4, -0.2) is 26.6 Å². The van der Waals surface area contributed by atoms with Crippen LogP contribution < -0.4 is 10.9 Å². The van der Waals surface area contributed by atoms with Gasteiger partial charge in [-0.25, -0.2) is 4.98 Å². The maximum Gasteiger partial charge on any atom is 0.259 e. The van der Waals surface area contributed by atoms with E-state index in [1.807, 2.05) is 6.07 Å². The molecule has 25 heavy (non-hydrogen) atoms. The van der Waals surface area contributed by atoms with Gasteiger partial charge in [-0.15, -0.1) is 23.1 Å². The number of carbonyl (C=O) groups is 1. The summed E-state index contributed by atoms with van der Waals surface area (Å²) in [4.78, 5) is 37.3. The van der Waals surface area contributed by atoms with Crippen molar-refractivity contribution in [2.75, 3.05) is 11.1 Å². The third-order valence-electron chi connectivity index (χ3n) is 3.46. The number of aromatic nitrogens is 3. The van der Waals surface area contributed by atoms with Gasteiger partial charge in [0.25, 0.3) is 5.56 Å². The van der Waals surface area contributed by atoms with Crippen molar-refractivity contribution >= 4 is 44.9 Å². The molecule has 3 rings (SSSR count). The van der Waals surface area contributed by atoms with Gasteiger partial charge < -0.3 is 10.3 Å². The van der Waals surface area contributed by atoms with Crippen LogP contribution in [0.25, 0.3) is 10.2 Å². The number of nitrogens with one attached hydrogen (secondary N) is 2. The number of hydrogen-bond donors (Lipinski definition) is 2. The lowest BCUT2D eigenvalue weighted by Crippen LogP contribution is -2.15. The Bertz CT molecular complexity index is 935. The number of H-pyrrole nitrogens is 1. The second-order valence-electron chi connectivity index (χ2n) is 5.82. The van der Waals surface area contributed by atoms with E-state index in [0.29, 0.717) is 28.6 Å². The van der Waals surface area contributed by atoms with Crippen LogP contribution in [0, 0.1) is 0 Å². The smallest absolute Gasteiger partial charge is 0.259 e. The molecule has 0 atom stereocenters. The predicted octanol–water partition coefficient (Wildman–Crippen LogP) is 3.37. The van der Waals surface area contributed by atoms with Gasteiger partial charge in [0.05, 0.1) is 28.8 Å². The second-order valence-corrected chi connectivity index (χ2v) is 7.87. The molecule has 0 aliphatic carbocycles. The normalized spacial score (nSPS) is 11.2. The number of amides is 1. The Labute approximate surface area is 153 Å². The van der Waals surface area contributed by atoms with E-state index >= 15 is 0 Å². The summed E-state index contributed by atoms with van der Waals surface area (Å²) in [5.74, 6) is 1.60. The van der Waals surface area contributed by atoms with E-state index in [-0.39, 0.29) is 17.2 Å². The maximum absolute atomic E-state index is 12.2. The molecule has 3 aromatic heterocycles. The largest absolute Gasteiger partial charge is 0.324 e. The first-order chi connectivity index (χ1) is 12.0. The van der Waals surface area contributed by atoms with Gasteiger partial charge in [0.1, 0.15) is 10.7 Å². The van der Waals surface area contributed by atoms with Gasteiger partial charge in [0.2, 0.25) is 5.91 Å². The standard InChI is InChI=1S/C17H18N4O2S2/c1-10(2)13-6-12-16(23)20-14(21-17(12)25-13)8-24-9-15(22)19-11-4-3-5-18-7-11/h3-7,10H,8-9H2,1-2H3,(H,19,22)(H,20,21,23). The third-order valence-corrected chi connectivity index (χ3v) is 5.73. The molecule has 2 N–H and O–H groups in total. The lowest BCUT2D eigenvalue weighted by atomic mass is 10.2. The molecule has 0 radical (unpaired) electrons. The number of aromatic amines is 1. The fourth-order valence-corrected chi connectivity index (χ4v) is 3.96. The van der Waals surface area contributed by atoms with Gasteiger partial charge in [-0.05, 0) is 24.1 Å². The summed E-state index contributed by atoms with van der Waals surface area (Å²) in [6, 6.07) is 5.46. The Morgan fingerprint density at radius 1 is 1.44 bits per heavy atom. The Morgan fingerprint density at radius 3 is 3.00 bits per heavy atom. The number of fused-ring (bicyclic) bond motifs is 1. The summed E-state index contributed by atoms with van der Waals surface area (Å²) in [6.07, 6.45) is 3.25. The van der Waals surface area contributed by atoms with Gasteiger partial charge in [-0.1, -0.05) is 13.8 Å². The average Bonchev–Trinajstić information content (AvgIpc) is 3.01. The highest BCUT2D eigenvalue weighted by molar-refractivity contribution is 7.99. The van der Waals surface area contributed by atoms with E-state index in [1.54, 1.807) is 35.9 Å². The van der Waals surface area contributed by atoms with E-state index in [2.05, 4.69) is 34.1 Å². The van der Waals surface area contributed by atoms with Crippen LogP contribution >= 0.6 is 23.1 Å². The summed E-state index contributed by atoms with van der Waals surface area (Å²) in [5.41, 5.74) is 0.546. The van der Waals surface area contributed by atoms with Crippen LogP contribution in [0.1, 0.15) is 30.5 Å². The number of carbonyl (C=O) groups excluding carboxylic acids is 1. The highest BCUT2D eigenvalue weighted by Gasteiger charge is 2.11. The molecular weight excluding hydrogens is 356 g/mol. The molecule has 3 aromatic rings. The highest BCUT2D eigenvalue weighted by atomic mass is 32.2. The number of thiophene rings is 1. The summed E-state index contributed by atoms with van der Waals surface area (Å²) >= 11 is 2.95. The predicted molar refractivity (Wildman–Crippen MR) is 103 cm³/mol. The van der Waals surface area contributed by atoms with Gasteiger partial charge >= 0.3 is 0 Å². The van der Waals surface area contributed by atoms with Crippen LogP contribution in [0.3, 0.4) is 0 Å². The molecule has 0 saturated carbocycles. The van der Waals surface area contributed by atoms with Crippen LogP contribution in [-0.2, 0) is 10.5 Å². The Hall–Kier alpha value is -2.19. The molecule has 0 saturated heterocycles. The van der Waals surface area contributed by atoms with Crippen LogP contribution in [0.15, 0.2) is 35.4 Å². The van der Waals surface area contributed by atoms with Crippen molar-refractivity contribution in [3.05, 3.63) is 51.6 Å². The molecule has 130 valence electrons. The second kappa shape index (κ2) is 7.79. The van der Waals surface area contributed by atoms with Crippen molar-refractivity contribution in [3.63, 3.8) is 0 Å². The summed E-state index contributed by atoms with van der Waals surface area (Å²) in [6.45, 7) is 4.19. The van der Waals surface area contributed by atoms with E-state index < -0.39 is 0 Å². The number of hydrogen-bond acceptors (Lipinski definition) is 6. The van der Waals surface area contributed by atoms with E-state index in [4.69, 9.17) is 0 Å². The van der Waals surface area contributed by atoms with Crippen molar-refractivity contribution in [2.45, 2.75) is 25.5 Å². The molecule has 0 spiro atoms. The highest BCUT2D eigenvalue weighted by Crippen LogP contribution is 2.27. The quantitative estimate of drug-likeness (QED) is 0.691. The van der Waals surface area contributed by atoms with E-state index in [9.17, 15) is 9.59 Å². The molecule has 3 heterocycles. The number of nitrogens with zero attached hydrogens (tertiary/aromatic N) is 2. The fourth-order valence-electron chi connectivity index (χ4n) is 2.22. The Morgan fingerprint density at radius 2 is 2.28 bits per heavy atom. The van der Waals surface area contributed by atoms with Crippen molar-refractivity contribution in [1.82, 2.24) is 15.0 Å². The molecule has 0 aromatic carbocycles. The lowest BCUT2D eigenvalue weighted by Gasteiger charge is -2.04. The fraction of sp³-hybridized carbons (Fsp3) is 0.294. The van der Waals surface area contributed by atoms with Crippen molar-refractivity contribution in [2.24, 2.45) is 0 Å². The van der Waals surface area contributed by atoms with Crippen molar-refractivity contribution in [1.29, 1.82) is 0 Å². The summed E-state index contributed by atoms with van der Waals surface area (Å²) < 4.78 is 0. The molecule has 1 amide bonds. The summed E-state index contributed by atoms with van der Waals surface area (Å²) in [7, 11) is 0. The minimum atomic E-state index is -0.122. The molecule has 0 fully saturated rings. The Kier molecular flexibility index (Phi) is 5.50. The van der Waals surface area contributed by atoms with Crippen LogP contribution in [0.5, 0.6) is 0 Å². The molecule has 0 aliphatic rings. The van der Waals surface area contributed by atoms with Gasteiger partial charge in [-0.3, -0.25) is 14.6 Å². The van der Waals surface area contributed by atoms with Crippen LogP contribution in [0.4, 0.5) is 5.69 Å². The minimum absolute atomic E-state index is 0.111.